The summed E-state index contributed by atoms with van der Waals surface area (Å²) in [5, 5.41) is 0. The quantitative estimate of drug-likeness (QED) is 0.796. The molecule has 1 saturated carbocycles. The van der Waals surface area contributed by atoms with Gasteiger partial charge in [0, 0.05) is 23.8 Å². The van der Waals surface area contributed by atoms with Gasteiger partial charge in [0.25, 0.3) is 5.91 Å². The number of hydrogen-bond acceptors (Lipinski definition) is 2. The largest absolute Gasteiger partial charge is 0.323 e. The number of likely N-dealkylation sites (tertiary alicyclic amines) is 1. The van der Waals surface area contributed by atoms with Gasteiger partial charge in [0.05, 0.1) is 0 Å². The van der Waals surface area contributed by atoms with Crippen LogP contribution < -0.4 is 4.90 Å². The van der Waals surface area contributed by atoms with E-state index in [1.54, 1.807) is 0 Å². The number of amides is 2. The van der Waals surface area contributed by atoms with Gasteiger partial charge >= 0.3 is 0 Å². The highest BCUT2D eigenvalue weighted by Gasteiger charge is 2.49. The van der Waals surface area contributed by atoms with Crippen molar-refractivity contribution in [3.63, 3.8) is 0 Å². The Balaban J connectivity index is 1.48. The molecule has 2 heterocycles. The molecule has 4 heteroatoms. The van der Waals surface area contributed by atoms with Gasteiger partial charge in [-0.15, -0.1) is 0 Å². The lowest BCUT2D eigenvalue weighted by Gasteiger charge is -2.34. The summed E-state index contributed by atoms with van der Waals surface area (Å²) in [4.78, 5) is 30.9. The summed E-state index contributed by atoms with van der Waals surface area (Å²) in [5.41, 5.74) is 2.94. The monoisotopic (exact) mass is 374 g/mol. The molecule has 144 valence electrons. The molecule has 1 aliphatic carbocycles. The first kappa shape index (κ1) is 17.5. The molecule has 0 bridgehead atoms. The van der Waals surface area contributed by atoms with Crippen LogP contribution in [-0.4, -0.2) is 35.3 Å². The molecule has 1 saturated heterocycles. The number of carbonyl (C=O) groups excluding carboxylic acids is 2. The minimum absolute atomic E-state index is 0.0147. The van der Waals surface area contributed by atoms with Crippen molar-refractivity contribution in [2.75, 3.05) is 11.4 Å². The van der Waals surface area contributed by atoms with Gasteiger partial charge in [-0.25, -0.2) is 0 Å². The van der Waals surface area contributed by atoms with Gasteiger partial charge < -0.3 is 9.80 Å². The molecule has 2 amide bonds. The van der Waals surface area contributed by atoms with Gasteiger partial charge in [0.15, 0.2) is 0 Å². The summed E-state index contributed by atoms with van der Waals surface area (Å²) in [6.45, 7) is 0.720. The van der Waals surface area contributed by atoms with E-state index in [0.717, 1.165) is 44.3 Å². The fraction of sp³-hybridized carbons (Fsp3) is 0.417. The SMILES string of the molecule is O=C(C1CC2CCCCC2N1C(=O)c1ccccc1)N1CCc2ccccc21. The van der Waals surface area contributed by atoms with E-state index in [0.29, 0.717) is 11.5 Å². The molecule has 2 aromatic rings. The lowest BCUT2D eigenvalue weighted by atomic mass is 9.84. The molecule has 2 fully saturated rings. The molecule has 28 heavy (non-hydrogen) atoms. The second-order valence-corrected chi connectivity index (χ2v) is 8.31. The average molecular weight is 374 g/mol. The van der Waals surface area contributed by atoms with E-state index in [1.165, 1.54) is 12.0 Å². The summed E-state index contributed by atoms with van der Waals surface area (Å²) in [7, 11) is 0. The van der Waals surface area contributed by atoms with Crippen LogP contribution in [0.3, 0.4) is 0 Å². The average Bonchev–Trinajstić information content (AvgIpc) is 3.35. The van der Waals surface area contributed by atoms with Crippen LogP contribution in [0.2, 0.25) is 0 Å². The molecule has 5 rings (SSSR count). The summed E-state index contributed by atoms with van der Waals surface area (Å²) in [5.74, 6) is 0.567. The predicted molar refractivity (Wildman–Crippen MR) is 109 cm³/mol. The fourth-order valence-electron chi connectivity index (χ4n) is 5.45. The van der Waals surface area contributed by atoms with Crippen molar-refractivity contribution in [1.29, 1.82) is 0 Å². The Labute approximate surface area is 166 Å². The van der Waals surface area contributed by atoms with Crippen molar-refractivity contribution in [3.05, 3.63) is 65.7 Å². The Kier molecular flexibility index (Phi) is 4.42. The second-order valence-electron chi connectivity index (χ2n) is 8.31. The highest BCUT2D eigenvalue weighted by atomic mass is 16.2. The van der Waals surface area contributed by atoms with Crippen LogP contribution in [-0.2, 0) is 11.2 Å². The van der Waals surface area contributed by atoms with E-state index < -0.39 is 0 Å². The minimum Gasteiger partial charge on any atom is -0.323 e. The van der Waals surface area contributed by atoms with E-state index in [1.807, 2.05) is 58.3 Å². The Morgan fingerprint density at radius 1 is 0.893 bits per heavy atom. The maximum absolute atomic E-state index is 13.6. The van der Waals surface area contributed by atoms with E-state index in [4.69, 9.17) is 0 Å². The molecule has 3 atom stereocenters. The summed E-state index contributed by atoms with van der Waals surface area (Å²) in [6.07, 6.45) is 6.21. The van der Waals surface area contributed by atoms with Crippen molar-refractivity contribution in [3.8, 4) is 0 Å². The van der Waals surface area contributed by atoms with Gasteiger partial charge in [0.1, 0.15) is 6.04 Å². The number of anilines is 1. The molecule has 0 spiro atoms. The Hall–Kier alpha value is -2.62. The van der Waals surface area contributed by atoms with Crippen LogP contribution in [0.15, 0.2) is 54.6 Å². The molecule has 2 aliphatic heterocycles. The number of benzene rings is 2. The van der Waals surface area contributed by atoms with Crippen LogP contribution in [0.1, 0.15) is 48.0 Å². The summed E-state index contributed by atoms with van der Waals surface area (Å²) in [6, 6.07) is 17.5. The van der Waals surface area contributed by atoms with Crippen molar-refractivity contribution >= 4 is 17.5 Å². The Bertz CT molecular complexity index is 894. The van der Waals surface area contributed by atoms with Crippen LogP contribution in [0.4, 0.5) is 5.69 Å². The van der Waals surface area contributed by atoms with Crippen molar-refractivity contribution in [1.82, 2.24) is 4.90 Å². The molecular weight excluding hydrogens is 348 g/mol. The van der Waals surface area contributed by atoms with Crippen molar-refractivity contribution < 1.29 is 9.59 Å². The van der Waals surface area contributed by atoms with Gasteiger partial charge in [-0.3, -0.25) is 9.59 Å². The molecule has 0 radical (unpaired) electrons. The first-order chi connectivity index (χ1) is 13.7. The number of rotatable bonds is 2. The Morgan fingerprint density at radius 2 is 1.64 bits per heavy atom. The molecule has 0 N–H and O–H groups in total. The fourth-order valence-corrected chi connectivity index (χ4v) is 5.45. The normalized spacial score (nSPS) is 26.1. The highest BCUT2D eigenvalue weighted by Crippen LogP contribution is 2.42. The van der Waals surface area contributed by atoms with Crippen molar-refractivity contribution in [2.24, 2.45) is 5.92 Å². The number of para-hydroxylation sites is 1. The molecule has 4 nitrogen and oxygen atoms in total. The lowest BCUT2D eigenvalue weighted by Crippen LogP contribution is -2.50. The number of nitrogens with zero attached hydrogens (tertiary/aromatic N) is 2. The maximum Gasteiger partial charge on any atom is 0.254 e. The zero-order chi connectivity index (χ0) is 19.1. The minimum atomic E-state index is -0.341. The van der Waals surface area contributed by atoms with Crippen LogP contribution in [0.5, 0.6) is 0 Å². The van der Waals surface area contributed by atoms with E-state index >= 15 is 0 Å². The summed E-state index contributed by atoms with van der Waals surface area (Å²) < 4.78 is 0. The van der Waals surface area contributed by atoms with Gasteiger partial charge in [-0.2, -0.15) is 0 Å². The summed E-state index contributed by atoms with van der Waals surface area (Å²) >= 11 is 0. The third kappa shape index (κ3) is 2.83. The first-order valence-corrected chi connectivity index (χ1v) is 10.5. The zero-order valence-electron chi connectivity index (χ0n) is 16.1. The lowest BCUT2D eigenvalue weighted by molar-refractivity contribution is -0.122. The third-order valence-electron chi connectivity index (χ3n) is 6.78. The molecule has 0 aromatic heterocycles. The Morgan fingerprint density at radius 3 is 2.50 bits per heavy atom. The standard InChI is InChI=1S/C24H26N2O2/c27-23(18-9-2-1-3-10-18)26-21-13-7-5-11-19(21)16-22(26)24(28)25-15-14-17-8-4-6-12-20(17)25/h1-4,6,8-10,12,19,21-22H,5,7,11,13-16H2. The van der Waals surface area contributed by atoms with E-state index in [9.17, 15) is 9.59 Å². The predicted octanol–water partition coefficient (Wildman–Crippen LogP) is 4.05. The van der Waals surface area contributed by atoms with Crippen molar-refractivity contribution in [2.45, 2.75) is 50.6 Å². The number of carbonyl (C=O) groups is 2. The zero-order valence-corrected chi connectivity index (χ0v) is 16.1. The molecule has 3 aliphatic rings. The third-order valence-corrected chi connectivity index (χ3v) is 6.78. The van der Waals surface area contributed by atoms with Gasteiger partial charge in [-0.05, 0) is 55.4 Å². The first-order valence-electron chi connectivity index (χ1n) is 10.5. The highest BCUT2D eigenvalue weighted by molar-refractivity contribution is 6.03. The van der Waals surface area contributed by atoms with Gasteiger partial charge in [0.2, 0.25) is 5.91 Å². The van der Waals surface area contributed by atoms with Gasteiger partial charge in [-0.1, -0.05) is 49.2 Å². The number of hydrogen-bond donors (Lipinski definition) is 0. The van der Waals surface area contributed by atoms with Crippen LogP contribution in [0, 0.1) is 5.92 Å². The number of fused-ring (bicyclic) bond motifs is 2. The molecular formula is C24H26N2O2. The smallest absolute Gasteiger partial charge is 0.254 e. The van der Waals surface area contributed by atoms with Crippen LogP contribution >= 0.6 is 0 Å². The maximum atomic E-state index is 13.6. The van der Waals surface area contributed by atoms with E-state index in [-0.39, 0.29) is 23.9 Å². The van der Waals surface area contributed by atoms with Crippen LogP contribution in [0.25, 0.3) is 0 Å². The topological polar surface area (TPSA) is 40.6 Å². The molecule has 2 aromatic carbocycles. The molecule has 3 unspecified atom stereocenters. The second kappa shape index (κ2) is 7.08. The van der Waals surface area contributed by atoms with E-state index in [2.05, 4.69) is 6.07 Å².